The van der Waals surface area contributed by atoms with Gasteiger partial charge in [0.25, 0.3) is 5.91 Å². The summed E-state index contributed by atoms with van der Waals surface area (Å²) in [6.07, 6.45) is 0.988. The average molecular weight is 311 g/mol. The molecule has 2 aromatic carbocycles. The van der Waals surface area contributed by atoms with Gasteiger partial charge < -0.3 is 14.4 Å². The highest BCUT2D eigenvalue weighted by molar-refractivity contribution is 5.94. The molecule has 4 nitrogen and oxygen atoms in total. The number of rotatable bonds is 4. The first-order chi connectivity index (χ1) is 11.2. The Morgan fingerprint density at radius 1 is 1.04 bits per heavy atom. The molecule has 0 spiro atoms. The molecule has 1 saturated heterocycles. The van der Waals surface area contributed by atoms with Crippen molar-refractivity contribution in [3.05, 3.63) is 59.7 Å². The number of amides is 1. The number of hydrogen-bond donors (Lipinski definition) is 0. The molecule has 1 aliphatic rings. The first-order valence-electron chi connectivity index (χ1n) is 7.78. The Morgan fingerprint density at radius 3 is 2.48 bits per heavy atom. The van der Waals surface area contributed by atoms with Gasteiger partial charge in [0.1, 0.15) is 11.5 Å². The lowest BCUT2D eigenvalue weighted by atomic mass is 9.98. The Balaban J connectivity index is 1.69. The summed E-state index contributed by atoms with van der Waals surface area (Å²) in [6.45, 7) is 1.54. The zero-order valence-corrected chi connectivity index (χ0v) is 13.5. The molecule has 1 fully saturated rings. The molecule has 0 saturated carbocycles. The molecule has 1 aliphatic heterocycles. The average Bonchev–Trinajstić information content (AvgIpc) is 3.11. The number of benzene rings is 2. The van der Waals surface area contributed by atoms with E-state index in [2.05, 4.69) is 12.1 Å². The second kappa shape index (κ2) is 6.73. The zero-order chi connectivity index (χ0) is 16.2. The number of ether oxygens (including phenoxy) is 2. The standard InChI is InChI=1S/C19H21NO3/c1-22-17-8-6-14(7-9-17)16-10-11-20(13-16)19(21)15-4-3-5-18(12-15)23-2/h3-9,12,16H,10-11,13H2,1-2H3. The summed E-state index contributed by atoms with van der Waals surface area (Å²) in [5, 5.41) is 0. The van der Waals surface area contributed by atoms with Crippen molar-refractivity contribution in [2.24, 2.45) is 0 Å². The van der Waals surface area contributed by atoms with Crippen LogP contribution in [0.3, 0.4) is 0 Å². The fourth-order valence-corrected chi connectivity index (χ4v) is 3.03. The molecule has 0 N–H and O–H groups in total. The summed E-state index contributed by atoms with van der Waals surface area (Å²) < 4.78 is 10.4. The predicted molar refractivity (Wildman–Crippen MR) is 89.2 cm³/mol. The van der Waals surface area contributed by atoms with E-state index in [4.69, 9.17) is 9.47 Å². The quantitative estimate of drug-likeness (QED) is 0.869. The third kappa shape index (κ3) is 3.31. The molecule has 1 amide bonds. The molecular weight excluding hydrogens is 290 g/mol. The van der Waals surface area contributed by atoms with E-state index in [9.17, 15) is 4.79 Å². The van der Waals surface area contributed by atoms with Gasteiger partial charge in [-0.05, 0) is 42.3 Å². The van der Waals surface area contributed by atoms with Crippen LogP contribution < -0.4 is 9.47 Å². The van der Waals surface area contributed by atoms with E-state index in [-0.39, 0.29) is 5.91 Å². The van der Waals surface area contributed by atoms with E-state index in [0.717, 1.165) is 25.3 Å². The Labute approximate surface area is 136 Å². The Morgan fingerprint density at radius 2 is 1.78 bits per heavy atom. The zero-order valence-electron chi connectivity index (χ0n) is 13.5. The molecule has 1 unspecified atom stereocenters. The van der Waals surface area contributed by atoms with Crippen LogP contribution in [0.2, 0.25) is 0 Å². The van der Waals surface area contributed by atoms with Gasteiger partial charge in [-0.2, -0.15) is 0 Å². The third-order valence-corrected chi connectivity index (χ3v) is 4.38. The number of hydrogen-bond acceptors (Lipinski definition) is 3. The van der Waals surface area contributed by atoms with Gasteiger partial charge in [0, 0.05) is 24.6 Å². The van der Waals surface area contributed by atoms with E-state index in [1.165, 1.54) is 5.56 Å². The Kier molecular flexibility index (Phi) is 4.51. The number of carbonyl (C=O) groups is 1. The van der Waals surface area contributed by atoms with Gasteiger partial charge in [0.15, 0.2) is 0 Å². The minimum Gasteiger partial charge on any atom is -0.497 e. The minimum atomic E-state index is 0.0694. The second-order valence-electron chi connectivity index (χ2n) is 5.74. The number of nitrogens with zero attached hydrogens (tertiary/aromatic N) is 1. The van der Waals surface area contributed by atoms with E-state index in [0.29, 0.717) is 17.2 Å². The van der Waals surface area contributed by atoms with Crippen LogP contribution in [0.5, 0.6) is 11.5 Å². The van der Waals surface area contributed by atoms with Crippen molar-refractivity contribution in [2.45, 2.75) is 12.3 Å². The van der Waals surface area contributed by atoms with Crippen molar-refractivity contribution in [2.75, 3.05) is 27.3 Å². The van der Waals surface area contributed by atoms with Gasteiger partial charge in [-0.25, -0.2) is 0 Å². The van der Waals surface area contributed by atoms with Gasteiger partial charge >= 0.3 is 0 Å². The molecule has 0 aliphatic carbocycles. The van der Waals surface area contributed by atoms with Crippen LogP contribution in [0.1, 0.15) is 28.3 Å². The Bertz CT molecular complexity index is 681. The molecule has 1 atom stereocenters. The van der Waals surface area contributed by atoms with Crippen molar-refractivity contribution in [1.29, 1.82) is 0 Å². The van der Waals surface area contributed by atoms with Crippen molar-refractivity contribution in [1.82, 2.24) is 4.90 Å². The molecule has 2 aromatic rings. The number of methoxy groups -OCH3 is 2. The smallest absolute Gasteiger partial charge is 0.254 e. The van der Waals surface area contributed by atoms with Gasteiger partial charge in [-0.3, -0.25) is 4.79 Å². The number of carbonyl (C=O) groups excluding carboxylic acids is 1. The van der Waals surface area contributed by atoms with Crippen molar-refractivity contribution >= 4 is 5.91 Å². The fourth-order valence-electron chi connectivity index (χ4n) is 3.03. The first kappa shape index (κ1) is 15.4. The van der Waals surface area contributed by atoms with E-state index < -0.39 is 0 Å². The van der Waals surface area contributed by atoms with Crippen LogP contribution >= 0.6 is 0 Å². The van der Waals surface area contributed by atoms with Crippen LogP contribution in [-0.2, 0) is 0 Å². The molecule has 1 heterocycles. The van der Waals surface area contributed by atoms with Crippen LogP contribution in [0, 0.1) is 0 Å². The molecular formula is C19H21NO3. The van der Waals surface area contributed by atoms with Crippen molar-refractivity contribution in [3.8, 4) is 11.5 Å². The third-order valence-electron chi connectivity index (χ3n) is 4.38. The fraction of sp³-hybridized carbons (Fsp3) is 0.316. The second-order valence-corrected chi connectivity index (χ2v) is 5.74. The minimum absolute atomic E-state index is 0.0694. The van der Waals surface area contributed by atoms with Crippen molar-refractivity contribution in [3.63, 3.8) is 0 Å². The maximum Gasteiger partial charge on any atom is 0.254 e. The molecule has 0 radical (unpaired) electrons. The van der Waals surface area contributed by atoms with E-state index >= 15 is 0 Å². The number of likely N-dealkylation sites (tertiary alicyclic amines) is 1. The SMILES string of the molecule is COc1ccc(C2CCN(C(=O)c3cccc(OC)c3)C2)cc1. The van der Waals surface area contributed by atoms with Crippen LogP contribution in [0.15, 0.2) is 48.5 Å². The molecule has 120 valence electrons. The molecule has 0 aromatic heterocycles. The first-order valence-corrected chi connectivity index (χ1v) is 7.78. The summed E-state index contributed by atoms with van der Waals surface area (Å²) in [5.41, 5.74) is 1.94. The highest BCUT2D eigenvalue weighted by Crippen LogP contribution is 2.29. The summed E-state index contributed by atoms with van der Waals surface area (Å²) in [4.78, 5) is 14.6. The van der Waals surface area contributed by atoms with Crippen LogP contribution in [0.25, 0.3) is 0 Å². The maximum atomic E-state index is 12.6. The highest BCUT2D eigenvalue weighted by Gasteiger charge is 2.28. The summed E-state index contributed by atoms with van der Waals surface area (Å²) in [5.74, 6) is 2.02. The molecule has 4 heteroatoms. The lowest BCUT2D eigenvalue weighted by molar-refractivity contribution is 0.0790. The topological polar surface area (TPSA) is 38.8 Å². The summed E-state index contributed by atoms with van der Waals surface area (Å²) in [7, 11) is 3.28. The highest BCUT2D eigenvalue weighted by atomic mass is 16.5. The molecule has 23 heavy (non-hydrogen) atoms. The predicted octanol–water partition coefficient (Wildman–Crippen LogP) is 3.33. The largest absolute Gasteiger partial charge is 0.497 e. The maximum absolute atomic E-state index is 12.6. The van der Waals surface area contributed by atoms with Gasteiger partial charge in [0.05, 0.1) is 14.2 Å². The summed E-state index contributed by atoms with van der Waals surface area (Å²) >= 11 is 0. The van der Waals surface area contributed by atoms with Gasteiger partial charge in [-0.15, -0.1) is 0 Å². The van der Waals surface area contributed by atoms with E-state index in [1.807, 2.05) is 35.2 Å². The molecule has 3 rings (SSSR count). The monoisotopic (exact) mass is 311 g/mol. The van der Waals surface area contributed by atoms with E-state index in [1.54, 1.807) is 20.3 Å². The van der Waals surface area contributed by atoms with Crippen LogP contribution in [-0.4, -0.2) is 38.1 Å². The van der Waals surface area contributed by atoms with Crippen molar-refractivity contribution < 1.29 is 14.3 Å². The molecule has 0 bridgehead atoms. The van der Waals surface area contributed by atoms with Gasteiger partial charge in [0.2, 0.25) is 0 Å². The summed E-state index contributed by atoms with van der Waals surface area (Å²) in [6, 6.07) is 15.5. The van der Waals surface area contributed by atoms with Crippen LogP contribution in [0.4, 0.5) is 0 Å². The Hall–Kier alpha value is -2.49. The lowest BCUT2D eigenvalue weighted by Gasteiger charge is -2.17. The normalized spacial score (nSPS) is 17.1. The van der Waals surface area contributed by atoms with Gasteiger partial charge in [-0.1, -0.05) is 18.2 Å². The lowest BCUT2D eigenvalue weighted by Crippen LogP contribution is -2.28.